The molecule has 0 bridgehead atoms. The van der Waals surface area contributed by atoms with Gasteiger partial charge in [0.25, 0.3) is 10.1 Å². The largest absolute Gasteiger partial charge is 0.296 e. The lowest BCUT2D eigenvalue weighted by molar-refractivity contribution is 0.134. The summed E-state index contributed by atoms with van der Waals surface area (Å²) in [6.45, 7) is 8.42. The molecule has 0 aromatic heterocycles. The van der Waals surface area contributed by atoms with Gasteiger partial charge in [-0.15, -0.1) is 0 Å². The van der Waals surface area contributed by atoms with Crippen molar-refractivity contribution < 1.29 is 12.6 Å². The van der Waals surface area contributed by atoms with Gasteiger partial charge in [0.1, 0.15) is 0 Å². The zero-order valence-electron chi connectivity index (χ0n) is 12.2. The molecule has 1 fully saturated rings. The first-order chi connectivity index (χ1) is 8.97. The zero-order valence-corrected chi connectivity index (χ0v) is 13.0. The minimum absolute atomic E-state index is 0.246. The maximum absolute atomic E-state index is 11.8. The van der Waals surface area contributed by atoms with Crippen LogP contribution < -0.4 is 0 Å². The number of rotatable bonds is 4. The Labute approximate surface area is 117 Å². The second-order valence-corrected chi connectivity index (χ2v) is 6.61. The average Bonchev–Trinajstić information content (AvgIpc) is 2.36. The van der Waals surface area contributed by atoms with Gasteiger partial charge < -0.3 is 0 Å². The number of benzene rings is 1. The van der Waals surface area contributed by atoms with Crippen molar-refractivity contribution in [1.82, 2.24) is 0 Å². The van der Waals surface area contributed by atoms with Crippen molar-refractivity contribution in [2.45, 2.75) is 45.4 Å². The van der Waals surface area contributed by atoms with Crippen LogP contribution in [-0.4, -0.2) is 15.0 Å². The molecule has 1 aliphatic rings. The fraction of sp³-hybridized carbons (Fsp3) is 0.600. The molecule has 4 heteroatoms. The maximum Gasteiger partial charge on any atom is 0.296 e. The Balaban J connectivity index is 0.000000861. The van der Waals surface area contributed by atoms with Crippen molar-refractivity contribution in [3.63, 3.8) is 0 Å². The number of hydrogen-bond acceptors (Lipinski definition) is 3. The Hall–Kier alpha value is -0.870. The third-order valence-corrected chi connectivity index (χ3v) is 4.54. The van der Waals surface area contributed by atoms with Gasteiger partial charge in [-0.3, -0.25) is 4.18 Å². The first kappa shape index (κ1) is 16.2. The van der Waals surface area contributed by atoms with Crippen molar-refractivity contribution in [3.05, 3.63) is 29.8 Å². The quantitative estimate of drug-likeness (QED) is 0.790. The third-order valence-electron chi connectivity index (χ3n) is 3.24. The highest BCUT2D eigenvalue weighted by Crippen LogP contribution is 2.33. The van der Waals surface area contributed by atoms with Gasteiger partial charge in [0, 0.05) is 0 Å². The van der Waals surface area contributed by atoms with E-state index in [2.05, 4.69) is 6.92 Å². The van der Waals surface area contributed by atoms with Crippen LogP contribution in [0.5, 0.6) is 0 Å². The topological polar surface area (TPSA) is 43.4 Å². The molecular formula is C15H24O3S. The molecular weight excluding hydrogens is 260 g/mol. The summed E-state index contributed by atoms with van der Waals surface area (Å²) in [6, 6.07) is 6.74. The molecule has 0 amide bonds. The summed E-state index contributed by atoms with van der Waals surface area (Å²) in [5.74, 6) is 1.12. The van der Waals surface area contributed by atoms with Gasteiger partial charge in [-0.05, 0) is 43.7 Å². The Morgan fingerprint density at radius 2 is 1.68 bits per heavy atom. The second kappa shape index (κ2) is 7.06. The van der Waals surface area contributed by atoms with E-state index < -0.39 is 10.1 Å². The summed E-state index contributed by atoms with van der Waals surface area (Å²) in [4.78, 5) is 0.246. The van der Waals surface area contributed by atoms with E-state index in [1.165, 1.54) is 0 Å². The van der Waals surface area contributed by atoms with E-state index in [-0.39, 0.29) is 4.90 Å². The molecule has 1 saturated carbocycles. The van der Waals surface area contributed by atoms with Gasteiger partial charge in [-0.2, -0.15) is 8.42 Å². The van der Waals surface area contributed by atoms with E-state index in [9.17, 15) is 8.42 Å². The Kier molecular flexibility index (Phi) is 6.01. The number of aryl methyl sites for hydroxylation is 1. The molecule has 0 radical (unpaired) electrons. The highest BCUT2D eigenvalue weighted by atomic mass is 32.2. The molecule has 108 valence electrons. The fourth-order valence-corrected chi connectivity index (χ4v) is 3.14. The van der Waals surface area contributed by atoms with Crippen molar-refractivity contribution in [2.24, 2.45) is 11.8 Å². The normalized spacial score (nSPS) is 22.1. The molecule has 19 heavy (non-hydrogen) atoms. The summed E-state index contributed by atoms with van der Waals surface area (Å²) in [5.41, 5.74) is 1.04. The van der Waals surface area contributed by atoms with Crippen LogP contribution >= 0.6 is 0 Å². The van der Waals surface area contributed by atoms with Crippen molar-refractivity contribution in [3.8, 4) is 0 Å². The van der Waals surface area contributed by atoms with Crippen molar-refractivity contribution >= 4 is 10.1 Å². The van der Waals surface area contributed by atoms with Crippen LogP contribution in [0.3, 0.4) is 0 Å². The van der Waals surface area contributed by atoms with Crippen LogP contribution in [-0.2, 0) is 14.3 Å². The van der Waals surface area contributed by atoms with E-state index >= 15 is 0 Å². The van der Waals surface area contributed by atoms with E-state index in [0.717, 1.165) is 18.4 Å². The van der Waals surface area contributed by atoms with Crippen LogP contribution in [0, 0.1) is 18.8 Å². The average molecular weight is 284 g/mol. The highest BCUT2D eigenvalue weighted by molar-refractivity contribution is 7.86. The molecule has 0 N–H and O–H groups in total. The van der Waals surface area contributed by atoms with Crippen LogP contribution in [0.15, 0.2) is 29.2 Å². The standard InChI is InChI=1S/C13H18O3S.C2H6/c1-10-3-5-13(6-4-10)17(14,15)16-9-12-7-11(2)8-12;1-2/h3-6,11-12H,7-9H2,1-2H3;1-2H3. The third kappa shape index (κ3) is 4.62. The SMILES string of the molecule is CC.Cc1ccc(S(=O)(=O)OCC2CC(C)C2)cc1. The van der Waals surface area contributed by atoms with Gasteiger partial charge >= 0.3 is 0 Å². The van der Waals surface area contributed by atoms with Gasteiger partial charge in [-0.1, -0.05) is 38.5 Å². The minimum atomic E-state index is -3.57. The first-order valence-corrected chi connectivity index (χ1v) is 8.34. The lowest BCUT2D eigenvalue weighted by atomic mass is 9.77. The minimum Gasteiger partial charge on any atom is -0.266 e. The second-order valence-electron chi connectivity index (χ2n) is 4.99. The predicted molar refractivity (Wildman–Crippen MR) is 77.6 cm³/mol. The molecule has 1 aliphatic carbocycles. The molecule has 3 nitrogen and oxygen atoms in total. The molecule has 0 spiro atoms. The Morgan fingerprint density at radius 3 is 2.16 bits per heavy atom. The molecule has 0 saturated heterocycles. The summed E-state index contributed by atoms with van der Waals surface area (Å²) in [6.07, 6.45) is 2.15. The molecule has 0 heterocycles. The maximum atomic E-state index is 11.8. The van der Waals surface area contributed by atoms with Crippen molar-refractivity contribution in [2.75, 3.05) is 6.61 Å². The highest BCUT2D eigenvalue weighted by Gasteiger charge is 2.27. The summed E-state index contributed by atoms with van der Waals surface area (Å²) < 4.78 is 28.8. The molecule has 0 atom stereocenters. The monoisotopic (exact) mass is 284 g/mol. The van der Waals surface area contributed by atoms with Gasteiger partial charge in [0.15, 0.2) is 0 Å². The van der Waals surface area contributed by atoms with Crippen LogP contribution in [0.2, 0.25) is 0 Å². The van der Waals surface area contributed by atoms with Crippen LogP contribution in [0.25, 0.3) is 0 Å². The lowest BCUT2D eigenvalue weighted by Crippen LogP contribution is -2.26. The fourth-order valence-electron chi connectivity index (χ4n) is 2.16. The lowest BCUT2D eigenvalue weighted by Gasteiger charge is -2.31. The van der Waals surface area contributed by atoms with E-state index in [1.807, 2.05) is 20.8 Å². The summed E-state index contributed by atoms with van der Waals surface area (Å²) >= 11 is 0. The molecule has 1 aromatic rings. The van der Waals surface area contributed by atoms with Crippen molar-refractivity contribution in [1.29, 1.82) is 0 Å². The van der Waals surface area contributed by atoms with Gasteiger partial charge in [0.2, 0.25) is 0 Å². The molecule has 0 aliphatic heterocycles. The van der Waals surface area contributed by atoms with E-state index in [1.54, 1.807) is 24.3 Å². The predicted octanol–water partition coefficient (Wildman–Crippen LogP) is 3.77. The van der Waals surface area contributed by atoms with Gasteiger partial charge in [-0.25, -0.2) is 0 Å². The molecule has 2 rings (SSSR count). The zero-order chi connectivity index (χ0) is 14.5. The summed E-state index contributed by atoms with van der Waals surface area (Å²) in [5, 5.41) is 0. The first-order valence-electron chi connectivity index (χ1n) is 6.93. The molecule has 0 unspecified atom stereocenters. The molecule has 1 aromatic carbocycles. The summed E-state index contributed by atoms with van der Waals surface area (Å²) in [7, 11) is -3.57. The van der Waals surface area contributed by atoms with E-state index in [4.69, 9.17) is 4.18 Å². The van der Waals surface area contributed by atoms with Crippen LogP contribution in [0.4, 0.5) is 0 Å². The van der Waals surface area contributed by atoms with E-state index in [0.29, 0.717) is 18.4 Å². The van der Waals surface area contributed by atoms with Crippen LogP contribution in [0.1, 0.15) is 39.2 Å². The Morgan fingerprint density at radius 1 is 1.16 bits per heavy atom. The smallest absolute Gasteiger partial charge is 0.266 e. The Bertz CT molecular complexity index is 471. The number of hydrogen-bond donors (Lipinski definition) is 0. The van der Waals surface area contributed by atoms with Gasteiger partial charge in [0.05, 0.1) is 11.5 Å².